The smallest absolute Gasteiger partial charge is 0.227 e. The molecule has 0 unspecified atom stereocenters. The van der Waals surface area contributed by atoms with Crippen molar-refractivity contribution >= 4 is 28.7 Å². The molecule has 164 valence electrons. The number of anilines is 2. The Morgan fingerprint density at radius 1 is 1.22 bits per heavy atom. The second kappa shape index (κ2) is 7.71. The van der Waals surface area contributed by atoms with E-state index < -0.39 is 0 Å². The van der Waals surface area contributed by atoms with E-state index in [1.54, 1.807) is 18.3 Å². The number of fused-ring (bicyclic) bond motifs is 1. The van der Waals surface area contributed by atoms with Gasteiger partial charge < -0.3 is 21.0 Å². The van der Waals surface area contributed by atoms with Crippen LogP contribution in [0.25, 0.3) is 11.0 Å². The third-order valence-corrected chi connectivity index (χ3v) is 6.40. The zero-order valence-electron chi connectivity index (χ0n) is 18.1. The Kier molecular flexibility index (Phi) is 4.85. The predicted molar refractivity (Wildman–Crippen MR) is 123 cm³/mol. The highest BCUT2D eigenvalue weighted by molar-refractivity contribution is 5.89. The summed E-state index contributed by atoms with van der Waals surface area (Å²) in [6.45, 7) is 4.83. The molecule has 32 heavy (non-hydrogen) atoms. The second-order valence-corrected chi connectivity index (χ2v) is 8.54. The lowest BCUT2D eigenvalue weighted by molar-refractivity contribution is -0.134. The molecule has 1 aliphatic heterocycles. The molecule has 1 aromatic carbocycles. The van der Waals surface area contributed by atoms with Crippen molar-refractivity contribution < 1.29 is 4.79 Å². The summed E-state index contributed by atoms with van der Waals surface area (Å²) in [5.41, 5.74) is 2.09. The summed E-state index contributed by atoms with van der Waals surface area (Å²) in [5.74, 6) is 7.63. The number of nitrogens with two attached hydrogens (primary N) is 1. The molecular weight excluding hydrogens is 404 g/mol. The number of rotatable bonds is 5. The minimum Gasteiger partial charge on any atom is -0.354 e. The number of hydrogen-bond acceptors (Lipinski definition) is 7. The first-order valence-electron chi connectivity index (χ1n) is 11.0. The fourth-order valence-corrected chi connectivity index (χ4v) is 4.58. The zero-order valence-corrected chi connectivity index (χ0v) is 18.1. The minimum atomic E-state index is -0.136. The van der Waals surface area contributed by atoms with Gasteiger partial charge >= 0.3 is 0 Å². The van der Waals surface area contributed by atoms with Gasteiger partial charge in [-0.15, -0.1) is 0 Å². The average Bonchev–Trinajstić information content (AvgIpc) is 3.46. The first-order chi connectivity index (χ1) is 15.5. The number of hydrogen-bond donors (Lipinski definition) is 2. The molecule has 2 aliphatic rings. The standard InChI is InChI=1S/C23H26N8O/c1-2-26-22-27-20(18-7-10-31(25)21(18)28-22)29-11-12-30(23(15-29)8-9-23)19(32)13-16-3-5-17(14-24)6-4-16/h3-7,10H,2,8-9,11-13,15,25H2,1H3,(H,26,27,28). The molecule has 3 N–H and O–H groups in total. The van der Waals surface area contributed by atoms with Gasteiger partial charge in [0.25, 0.3) is 0 Å². The third kappa shape index (κ3) is 3.47. The lowest BCUT2D eigenvalue weighted by atomic mass is 10.1. The first kappa shape index (κ1) is 20.1. The number of carbonyl (C=O) groups excluding carboxylic acids is 1. The van der Waals surface area contributed by atoms with Crippen LogP contribution in [0, 0.1) is 11.3 Å². The van der Waals surface area contributed by atoms with Gasteiger partial charge in [-0.05, 0) is 43.5 Å². The fourth-order valence-electron chi connectivity index (χ4n) is 4.58. The average molecular weight is 431 g/mol. The van der Waals surface area contributed by atoms with Crippen molar-refractivity contribution in [1.82, 2.24) is 19.5 Å². The maximum atomic E-state index is 13.2. The van der Waals surface area contributed by atoms with Gasteiger partial charge in [-0.3, -0.25) is 9.47 Å². The van der Waals surface area contributed by atoms with Gasteiger partial charge in [-0.25, -0.2) is 0 Å². The molecule has 1 saturated carbocycles. The minimum absolute atomic E-state index is 0.136. The second-order valence-electron chi connectivity index (χ2n) is 8.54. The lowest BCUT2D eigenvalue weighted by Gasteiger charge is -2.43. The number of nitrogens with one attached hydrogen (secondary N) is 1. The van der Waals surface area contributed by atoms with Crippen LogP contribution >= 0.6 is 0 Å². The van der Waals surface area contributed by atoms with E-state index in [4.69, 9.17) is 16.1 Å². The van der Waals surface area contributed by atoms with Crippen molar-refractivity contribution in [1.29, 1.82) is 5.26 Å². The van der Waals surface area contributed by atoms with Crippen LogP contribution in [-0.2, 0) is 11.2 Å². The monoisotopic (exact) mass is 430 g/mol. The molecule has 1 spiro atoms. The van der Waals surface area contributed by atoms with E-state index in [-0.39, 0.29) is 11.4 Å². The van der Waals surface area contributed by atoms with Gasteiger partial charge in [0.15, 0.2) is 5.65 Å². The van der Waals surface area contributed by atoms with E-state index in [1.165, 1.54) is 4.68 Å². The molecule has 0 radical (unpaired) electrons. The van der Waals surface area contributed by atoms with Crippen molar-refractivity contribution in [3.05, 3.63) is 47.7 Å². The normalized spacial score (nSPS) is 16.9. The Labute approximate surface area is 186 Å². The van der Waals surface area contributed by atoms with Crippen molar-refractivity contribution in [3.8, 4) is 6.07 Å². The van der Waals surface area contributed by atoms with E-state index in [0.717, 1.165) is 42.7 Å². The lowest BCUT2D eigenvalue weighted by Crippen LogP contribution is -2.57. The number of aromatic nitrogens is 3. The van der Waals surface area contributed by atoms with Crippen molar-refractivity contribution in [2.24, 2.45) is 0 Å². The van der Waals surface area contributed by atoms with Gasteiger partial charge in [-0.2, -0.15) is 15.2 Å². The van der Waals surface area contributed by atoms with Crippen LogP contribution in [0.2, 0.25) is 0 Å². The summed E-state index contributed by atoms with van der Waals surface area (Å²) in [6, 6.07) is 11.3. The highest BCUT2D eigenvalue weighted by Gasteiger charge is 2.53. The highest BCUT2D eigenvalue weighted by Crippen LogP contribution is 2.45. The van der Waals surface area contributed by atoms with Gasteiger partial charge in [0, 0.05) is 32.4 Å². The van der Waals surface area contributed by atoms with Crippen LogP contribution in [0.1, 0.15) is 30.9 Å². The maximum Gasteiger partial charge on any atom is 0.227 e. The molecular formula is C23H26N8O. The topological polar surface area (TPSA) is 116 Å². The number of nitrogens with zero attached hydrogens (tertiary/aromatic N) is 6. The van der Waals surface area contributed by atoms with Gasteiger partial charge in [0.1, 0.15) is 5.82 Å². The first-order valence-corrected chi connectivity index (χ1v) is 11.0. The molecule has 9 heteroatoms. The van der Waals surface area contributed by atoms with E-state index in [0.29, 0.717) is 36.7 Å². The maximum absolute atomic E-state index is 13.2. The summed E-state index contributed by atoms with van der Waals surface area (Å²) < 4.78 is 1.52. The summed E-state index contributed by atoms with van der Waals surface area (Å²) >= 11 is 0. The molecule has 0 bridgehead atoms. The predicted octanol–water partition coefficient (Wildman–Crippen LogP) is 1.87. The summed E-state index contributed by atoms with van der Waals surface area (Å²) in [6.07, 6.45) is 4.14. The quantitative estimate of drug-likeness (QED) is 0.594. The van der Waals surface area contributed by atoms with E-state index in [1.807, 2.05) is 25.1 Å². The van der Waals surface area contributed by atoms with Crippen molar-refractivity contribution in [2.75, 3.05) is 42.2 Å². The van der Waals surface area contributed by atoms with Crippen LogP contribution in [0.4, 0.5) is 11.8 Å². The molecule has 1 amide bonds. The third-order valence-electron chi connectivity index (χ3n) is 6.40. The van der Waals surface area contributed by atoms with Crippen LogP contribution in [0.15, 0.2) is 36.5 Å². The van der Waals surface area contributed by atoms with Crippen LogP contribution < -0.4 is 16.1 Å². The number of carbonyl (C=O) groups is 1. The Balaban J connectivity index is 1.37. The van der Waals surface area contributed by atoms with E-state index >= 15 is 0 Å². The number of benzene rings is 1. The summed E-state index contributed by atoms with van der Waals surface area (Å²) in [4.78, 5) is 26.8. The Bertz CT molecular complexity index is 1210. The molecule has 0 atom stereocenters. The van der Waals surface area contributed by atoms with E-state index in [9.17, 15) is 4.79 Å². The number of nitrogen functional groups attached to an aromatic ring is 1. The fraction of sp³-hybridized carbons (Fsp3) is 0.391. The summed E-state index contributed by atoms with van der Waals surface area (Å²) in [7, 11) is 0. The molecule has 2 fully saturated rings. The number of nitriles is 1. The van der Waals surface area contributed by atoms with Crippen molar-refractivity contribution in [2.45, 2.75) is 31.7 Å². The zero-order chi connectivity index (χ0) is 22.3. The Morgan fingerprint density at radius 3 is 2.69 bits per heavy atom. The molecule has 1 saturated heterocycles. The molecule has 2 aromatic heterocycles. The van der Waals surface area contributed by atoms with Gasteiger partial charge in [-0.1, -0.05) is 12.1 Å². The van der Waals surface area contributed by atoms with Gasteiger partial charge in [0.05, 0.1) is 29.0 Å². The molecule has 3 heterocycles. The highest BCUT2D eigenvalue weighted by atomic mass is 16.2. The molecule has 3 aromatic rings. The van der Waals surface area contributed by atoms with Crippen LogP contribution in [-0.4, -0.2) is 57.2 Å². The van der Waals surface area contributed by atoms with Crippen molar-refractivity contribution in [3.63, 3.8) is 0 Å². The number of amides is 1. The Morgan fingerprint density at radius 2 is 2.00 bits per heavy atom. The van der Waals surface area contributed by atoms with Gasteiger partial charge in [0.2, 0.25) is 11.9 Å². The molecule has 9 nitrogen and oxygen atoms in total. The molecule has 1 aliphatic carbocycles. The number of piperazine rings is 1. The van der Waals surface area contributed by atoms with Crippen LogP contribution in [0.5, 0.6) is 0 Å². The summed E-state index contributed by atoms with van der Waals surface area (Å²) in [5, 5.41) is 13.1. The largest absolute Gasteiger partial charge is 0.354 e. The molecule has 5 rings (SSSR count). The van der Waals surface area contributed by atoms with E-state index in [2.05, 4.69) is 26.2 Å². The Hall–Kier alpha value is -3.80. The van der Waals surface area contributed by atoms with Crippen LogP contribution in [0.3, 0.4) is 0 Å². The SMILES string of the molecule is CCNc1nc(N2CCN(C(=O)Cc3ccc(C#N)cc3)C3(CC3)C2)c2ccn(N)c2n1.